The van der Waals surface area contributed by atoms with Crippen molar-refractivity contribution in [3.8, 4) is 5.75 Å². The number of ether oxygens (including phenoxy) is 1. The van der Waals surface area contributed by atoms with E-state index >= 15 is 0 Å². The molecule has 1 aliphatic heterocycles. The molecule has 10 heteroatoms. The van der Waals surface area contributed by atoms with E-state index in [1.54, 1.807) is 25.1 Å². The van der Waals surface area contributed by atoms with Crippen molar-refractivity contribution in [3.05, 3.63) is 88.5 Å². The molecule has 1 N–H and O–H groups in total. The first kappa shape index (κ1) is 29.1. The Bertz CT molecular complexity index is 1250. The molecular weight excluding hydrogens is 534 g/mol. The molecule has 1 aliphatic rings. The van der Waals surface area contributed by atoms with E-state index in [0.29, 0.717) is 42.9 Å². The fraction of sp³-hybridized carbons (Fsp3) is 0.414. The summed E-state index contributed by atoms with van der Waals surface area (Å²) in [6, 6.07) is 13.7. The summed E-state index contributed by atoms with van der Waals surface area (Å²) in [4.78, 5) is 7.68. The third-order valence-corrected chi connectivity index (χ3v) is 7.04. The molecule has 0 spiro atoms. The molecule has 3 aromatic rings. The van der Waals surface area contributed by atoms with Gasteiger partial charge in [0.25, 0.3) is 0 Å². The van der Waals surface area contributed by atoms with Crippen molar-refractivity contribution < 1.29 is 27.4 Å². The number of aromatic nitrogens is 1. The van der Waals surface area contributed by atoms with E-state index in [-0.39, 0.29) is 24.0 Å². The van der Waals surface area contributed by atoms with Crippen LogP contribution in [0.3, 0.4) is 0 Å². The number of β-amino-alcohol motifs (C(OH)–C–C–N with tert-alkyl or cyclic N) is 1. The molecule has 0 radical (unpaired) electrons. The van der Waals surface area contributed by atoms with E-state index in [9.17, 15) is 22.7 Å². The molecule has 0 amide bonds. The summed E-state index contributed by atoms with van der Waals surface area (Å²) in [6.45, 7) is 8.00. The quantitative estimate of drug-likeness (QED) is 0.308. The smallest absolute Gasteiger partial charge is 0.433 e. The lowest BCUT2D eigenvalue weighted by Crippen LogP contribution is -2.52. The summed E-state index contributed by atoms with van der Waals surface area (Å²) in [7, 11) is 0. The van der Waals surface area contributed by atoms with Crippen LogP contribution in [0.25, 0.3) is 0 Å². The molecule has 2 heterocycles. The Hall–Kier alpha value is -2.88. The topological polar surface area (TPSA) is 48.8 Å². The van der Waals surface area contributed by atoms with Crippen LogP contribution in [0.15, 0.2) is 60.8 Å². The van der Waals surface area contributed by atoms with Crippen molar-refractivity contribution in [2.24, 2.45) is 5.92 Å². The van der Waals surface area contributed by atoms with E-state index in [4.69, 9.17) is 16.3 Å². The molecule has 0 bridgehead atoms. The Labute approximate surface area is 231 Å². The number of anilines is 1. The van der Waals surface area contributed by atoms with Crippen molar-refractivity contribution in [2.45, 2.75) is 38.6 Å². The van der Waals surface area contributed by atoms with Gasteiger partial charge in [-0.2, -0.15) is 13.2 Å². The van der Waals surface area contributed by atoms with Gasteiger partial charge in [0.2, 0.25) is 0 Å². The van der Waals surface area contributed by atoms with Crippen LogP contribution in [0.2, 0.25) is 5.02 Å². The predicted octanol–water partition coefficient (Wildman–Crippen LogP) is 6.70. The SMILES string of the molecule is CC(C)COc1ccc(N2CCN(C[C@@](C)(O)c3ccc(C(F)(F)F)nc3)C[C@H]2c2ccc(F)cc2)c(Cl)c1. The molecule has 1 aromatic heterocycles. The van der Waals surface area contributed by atoms with Gasteiger partial charge in [0.15, 0.2) is 0 Å². The van der Waals surface area contributed by atoms with E-state index in [1.165, 1.54) is 18.2 Å². The number of rotatable bonds is 8. The molecule has 5 nitrogen and oxygen atoms in total. The van der Waals surface area contributed by atoms with Crippen LogP contribution in [-0.4, -0.2) is 47.8 Å². The fourth-order valence-electron chi connectivity index (χ4n) is 4.72. The maximum atomic E-state index is 13.7. The Morgan fingerprint density at radius 3 is 2.38 bits per heavy atom. The average molecular weight is 566 g/mol. The van der Waals surface area contributed by atoms with Crippen molar-refractivity contribution in [2.75, 3.05) is 37.7 Å². The van der Waals surface area contributed by atoms with E-state index in [2.05, 4.69) is 23.7 Å². The summed E-state index contributed by atoms with van der Waals surface area (Å²) in [6.07, 6.45) is -3.48. The first-order chi connectivity index (χ1) is 18.3. The highest BCUT2D eigenvalue weighted by Gasteiger charge is 2.36. The third kappa shape index (κ3) is 7.21. The highest BCUT2D eigenvalue weighted by molar-refractivity contribution is 6.33. The van der Waals surface area contributed by atoms with Crippen molar-refractivity contribution in [1.29, 1.82) is 0 Å². The number of hydrogen-bond donors (Lipinski definition) is 1. The standard InChI is InChI=1S/C29H32ClF4N3O2/c1-19(2)17-39-23-9-10-25(24(30)14-23)37-13-12-36(16-26(37)20-4-7-22(31)8-5-20)18-28(3,38)21-6-11-27(35-15-21)29(32,33)34/h4-11,14-15,19,26,38H,12-13,16-18H2,1-3H3/t26-,28+/m0/s1. The zero-order chi connectivity index (χ0) is 28.4. The monoisotopic (exact) mass is 565 g/mol. The van der Waals surface area contributed by atoms with Crippen LogP contribution in [0.5, 0.6) is 5.75 Å². The van der Waals surface area contributed by atoms with Crippen LogP contribution < -0.4 is 9.64 Å². The number of pyridine rings is 1. The second-order valence-electron chi connectivity index (χ2n) is 10.5. The maximum Gasteiger partial charge on any atom is 0.433 e. The molecule has 2 atom stereocenters. The van der Waals surface area contributed by atoms with Crippen LogP contribution in [0.4, 0.5) is 23.2 Å². The molecule has 39 heavy (non-hydrogen) atoms. The van der Waals surface area contributed by atoms with Crippen LogP contribution in [0.1, 0.15) is 43.6 Å². The minimum atomic E-state index is -4.55. The number of halogens is 5. The van der Waals surface area contributed by atoms with Gasteiger partial charge in [-0.25, -0.2) is 4.39 Å². The average Bonchev–Trinajstić information content (AvgIpc) is 2.87. The normalized spacial score (nSPS) is 18.3. The molecule has 1 saturated heterocycles. The van der Waals surface area contributed by atoms with Gasteiger partial charge in [-0.1, -0.05) is 43.6 Å². The van der Waals surface area contributed by atoms with Crippen LogP contribution in [-0.2, 0) is 11.8 Å². The Morgan fingerprint density at radius 1 is 1.08 bits per heavy atom. The molecule has 2 aromatic carbocycles. The van der Waals surface area contributed by atoms with Crippen molar-refractivity contribution in [3.63, 3.8) is 0 Å². The van der Waals surface area contributed by atoms with Crippen LogP contribution >= 0.6 is 11.6 Å². The van der Waals surface area contributed by atoms with Gasteiger partial charge in [-0.05, 0) is 48.7 Å². The number of nitrogens with zero attached hydrogens (tertiary/aromatic N) is 3. The van der Waals surface area contributed by atoms with Crippen molar-refractivity contribution >= 4 is 17.3 Å². The summed E-state index contributed by atoms with van der Waals surface area (Å²) < 4.78 is 58.4. The third-order valence-electron chi connectivity index (χ3n) is 6.74. The number of hydrogen-bond acceptors (Lipinski definition) is 5. The predicted molar refractivity (Wildman–Crippen MR) is 144 cm³/mol. The lowest BCUT2D eigenvalue weighted by Gasteiger charge is -2.45. The minimum absolute atomic E-state index is 0.168. The van der Waals surface area contributed by atoms with Gasteiger partial charge in [0, 0.05) is 44.0 Å². The van der Waals surface area contributed by atoms with E-state index < -0.39 is 17.5 Å². The molecule has 210 valence electrons. The summed E-state index contributed by atoms with van der Waals surface area (Å²) in [5, 5.41) is 11.7. The first-order valence-electron chi connectivity index (χ1n) is 12.8. The highest BCUT2D eigenvalue weighted by atomic mass is 35.5. The minimum Gasteiger partial charge on any atom is -0.493 e. The zero-order valence-corrected chi connectivity index (χ0v) is 22.8. The Kier molecular flexibility index (Phi) is 8.73. The van der Waals surface area contributed by atoms with Crippen molar-refractivity contribution in [1.82, 2.24) is 9.88 Å². The van der Waals surface area contributed by atoms with Gasteiger partial charge in [0.1, 0.15) is 22.9 Å². The number of benzene rings is 2. The summed E-state index contributed by atoms with van der Waals surface area (Å²) in [5.41, 5.74) is -0.491. The van der Waals surface area contributed by atoms with E-state index in [0.717, 1.165) is 23.5 Å². The molecular formula is C29H32ClF4N3O2. The number of alkyl halides is 3. The largest absolute Gasteiger partial charge is 0.493 e. The number of aliphatic hydroxyl groups is 1. The fourth-order valence-corrected chi connectivity index (χ4v) is 5.00. The Morgan fingerprint density at radius 2 is 1.79 bits per heavy atom. The van der Waals surface area contributed by atoms with Gasteiger partial charge in [-0.15, -0.1) is 0 Å². The summed E-state index contributed by atoms with van der Waals surface area (Å²) in [5.74, 6) is 0.700. The van der Waals surface area contributed by atoms with E-state index in [1.807, 2.05) is 17.0 Å². The Balaban J connectivity index is 1.56. The first-order valence-corrected chi connectivity index (χ1v) is 13.1. The van der Waals surface area contributed by atoms with Gasteiger partial charge in [0.05, 0.1) is 23.4 Å². The van der Waals surface area contributed by atoms with Gasteiger partial charge >= 0.3 is 6.18 Å². The zero-order valence-electron chi connectivity index (χ0n) is 22.1. The second-order valence-corrected chi connectivity index (χ2v) is 10.9. The maximum absolute atomic E-state index is 13.7. The molecule has 4 rings (SSSR count). The van der Waals surface area contributed by atoms with Gasteiger partial charge < -0.3 is 14.7 Å². The molecule has 0 saturated carbocycles. The lowest BCUT2D eigenvalue weighted by atomic mass is 9.94. The second kappa shape index (κ2) is 11.7. The highest BCUT2D eigenvalue weighted by Crippen LogP contribution is 2.38. The molecule has 1 fully saturated rings. The molecule has 0 unspecified atom stereocenters. The van der Waals surface area contributed by atoms with Crippen LogP contribution in [0, 0.1) is 11.7 Å². The number of piperazine rings is 1. The van der Waals surface area contributed by atoms with Gasteiger partial charge in [-0.3, -0.25) is 9.88 Å². The lowest BCUT2D eigenvalue weighted by molar-refractivity contribution is -0.141. The summed E-state index contributed by atoms with van der Waals surface area (Å²) >= 11 is 6.70. The molecule has 0 aliphatic carbocycles.